The van der Waals surface area contributed by atoms with Gasteiger partial charge in [0.2, 0.25) is 0 Å². The summed E-state index contributed by atoms with van der Waals surface area (Å²) in [6.07, 6.45) is 1.52. The predicted molar refractivity (Wildman–Crippen MR) is 107 cm³/mol. The molecule has 0 spiro atoms. The lowest BCUT2D eigenvalue weighted by atomic mass is 10.2. The normalized spacial score (nSPS) is 17.5. The van der Waals surface area contributed by atoms with Gasteiger partial charge in [-0.3, -0.25) is 4.79 Å². The van der Waals surface area contributed by atoms with Crippen LogP contribution in [0.1, 0.15) is 0 Å². The van der Waals surface area contributed by atoms with Gasteiger partial charge in [0.25, 0.3) is 5.91 Å². The van der Waals surface area contributed by atoms with Crippen molar-refractivity contribution in [3.05, 3.63) is 64.5 Å². The smallest absolute Gasteiger partial charge is 0.265 e. The number of hydrogen-bond acceptors (Lipinski definition) is 5. The summed E-state index contributed by atoms with van der Waals surface area (Å²) in [5.41, 5.74) is 0.576. The first-order valence-electron chi connectivity index (χ1n) is 8.13. The average molecular weight is 452 g/mol. The van der Waals surface area contributed by atoms with Crippen LogP contribution >= 0.6 is 15.9 Å². The number of nitrogens with zero attached hydrogens (tertiary/aromatic N) is 1. The van der Waals surface area contributed by atoms with Gasteiger partial charge in [-0.25, -0.2) is 8.42 Å². The van der Waals surface area contributed by atoms with Crippen LogP contribution in [0, 0.1) is 0 Å². The third kappa shape index (κ3) is 4.90. The average Bonchev–Trinajstić information content (AvgIpc) is 3.01. The number of carbonyl (C=O) groups is 1. The van der Waals surface area contributed by atoms with Gasteiger partial charge in [-0.2, -0.15) is 0 Å². The van der Waals surface area contributed by atoms with Crippen LogP contribution in [0.15, 0.2) is 64.5 Å². The minimum Gasteiger partial charge on any atom is -0.497 e. The van der Waals surface area contributed by atoms with Gasteiger partial charge in [-0.1, -0.05) is 15.9 Å². The summed E-state index contributed by atoms with van der Waals surface area (Å²) in [6, 6.07) is 13.4. The number of benzene rings is 2. The molecule has 3 rings (SSSR count). The second kappa shape index (κ2) is 8.14. The van der Waals surface area contributed by atoms with Gasteiger partial charge in [0.1, 0.15) is 11.5 Å². The summed E-state index contributed by atoms with van der Waals surface area (Å²) < 4.78 is 35.3. The number of sulfone groups is 1. The van der Waals surface area contributed by atoms with E-state index in [4.69, 9.17) is 9.47 Å². The van der Waals surface area contributed by atoms with Crippen molar-refractivity contribution in [2.45, 2.75) is 6.04 Å². The first-order chi connectivity index (χ1) is 12.9. The lowest BCUT2D eigenvalue weighted by Gasteiger charge is -2.27. The Kier molecular flexibility index (Phi) is 5.86. The van der Waals surface area contributed by atoms with E-state index in [1.807, 2.05) is 12.1 Å². The molecule has 1 amide bonds. The fourth-order valence-electron chi connectivity index (χ4n) is 2.73. The maximum absolute atomic E-state index is 12.9. The molecule has 27 heavy (non-hydrogen) atoms. The van der Waals surface area contributed by atoms with Crippen LogP contribution in [0.3, 0.4) is 0 Å². The molecule has 1 atom stereocenters. The Morgan fingerprint density at radius 3 is 2.30 bits per heavy atom. The van der Waals surface area contributed by atoms with E-state index < -0.39 is 15.9 Å². The topological polar surface area (TPSA) is 72.9 Å². The molecule has 142 valence electrons. The monoisotopic (exact) mass is 451 g/mol. The molecule has 8 heteroatoms. The van der Waals surface area contributed by atoms with E-state index in [1.54, 1.807) is 43.5 Å². The van der Waals surface area contributed by atoms with Crippen LogP contribution in [0.2, 0.25) is 0 Å². The van der Waals surface area contributed by atoms with E-state index in [0.29, 0.717) is 17.2 Å². The summed E-state index contributed by atoms with van der Waals surface area (Å²) in [6.45, 7) is -0.210. The molecule has 0 saturated heterocycles. The molecule has 1 heterocycles. The second-order valence-corrected chi connectivity index (χ2v) is 8.78. The molecule has 0 unspecified atom stereocenters. The molecule has 2 aromatic rings. The fraction of sp³-hybridized carbons (Fsp3) is 0.211. The zero-order valence-corrected chi connectivity index (χ0v) is 16.9. The van der Waals surface area contributed by atoms with Gasteiger partial charge in [-0.15, -0.1) is 0 Å². The number of methoxy groups -OCH3 is 1. The molecule has 1 aliphatic heterocycles. The van der Waals surface area contributed by atoms with Crippen molar-refractivity contribution >= 4 is 37.4 Å². The molecule has 0 N–H and O–H groups in total. The van der Waals surface area contributed by atoms with Crippen LogP contribution in [0.4, 0.5) is 5.69 Å². The highest BCUT2D eigenvalue weighted by Gasteiger charge is 2.31. The highest BCUT2D eigenvalue weighted by atomic mass is 79.9. The Hall–Kier alpha value is -2.32. The van der Waals surface area contributed by atoms with E-state index in [0.717, 1.165) is 9.88 Å². The first-order valence-corrected chi connectivity index (χ1v) is 10.6. The van der Waals surface area contributed by atoms with Crippen molar-refractivity contribution in [1.29, 1.82) is 0 Å². The van der Waals surface area contributed by atoms with Crippen molar-refractivity contribution in [3.8, 4) is 11.5 Å². The Morgan fingerprint density at radius 2 is 1.74 bits per heavy atom. The molecule has 0 bridgehead atoms. The lowest BCUT2D eigenvalue weighted by Crippen LogP contribution is -2.43. The molecule has 0 fully saturated rings. The number of anilines is 1. The summed E-state index contributed by atoms with van der Waals surface area (Å²) in [7, 11) is -1.76. The SMILES string of the molecule is COc1ccc(N(C(=O)COc2ccc(Br)cc2)[C@H]2C=CS(=O)(=O)C2)cc1. The van der Waals surface area contributed by atoms with Gasteiger partial charge in [0.15, 0.2) is 16.4 Å². The van der Waals surface area contributed by atoms with Gasteiger partial charge in [0.05, 0.1) is 18.9 Å². The third-order valence-electron chi connectivity index (χ3n) is 4.04. The molecule has 0 aliphatic carbocycles. The van der Waals surface area contributed by atoms with E-state index in [1.165, 1.54) is 11.0 Å². The number of hydrogen-bond donors (Lipinski definition) is 0. The Balaban J connectivity index is 1.80. The van der Waals surface area contributed by atoms with Crippen LogP contribution in [-0.4, -0.2) is 39.8 Å². The molecular weight excluding hydrogens is 434 g/mol. The fourth-order valence-corrected chi connectivity index (χ4v) is 4.26. The van der Waals surface area contributed by atoms with Crippen molar-refractivity contribution < 1.29 is 22.7 Å². The van der Waals surface area contributed by atoms with Gasteiger partial charge >= 0.3 is 0 Å². The van der Waals surface area contributed by atoms with Gasteiger partial charge in [-0.05, 0) is 54.6 Å². The van der Waals surface area contributed by atoms with Crippen LogP contribution in [-0.2, 0) is 14.6 Å². The Bertz CT molecular complexity index is 939. The number of amides is 1. The summed E-state index contributed by atoms with van der Waals surface area (Å²) in [5, 5.41) is 1.15. The second-order valence-electron chi connectivity index (χ2n) is 5.93. The highest BCUT2D eigenvalue weighted by molar-refractivity contribution is 9.10. The largest absolute Gasteiger partial charge is 0.497 e. The molecule has 1 aliphatic rings. The molecule has 0 radical (unpaired) electrons. The zero-order valence-electron chi connectivity index (χ0n) is 14.5. The van der Waals surface area contributed by atoms with E-state index in [-0.39, 0.29) is 18.3 Å². The maximum Gasteiger partial charge on any atom is 0.265 e. The van der Waals surface area contributed by atoms with E-state index in [9.17, 15) is 13.2 Å². The number of carbonyl (C=O) groups excluding carboxylic acids is 1. The van der Waals surface area contributed by atoms with Crippen molar-refractivity contribution in [1.82, 2.24) is 0 Å². The third-order valence-corrected chi connectivity index (χ3v) is 5.94. The van der Waals surface area contributed by atoms with E-state index >= 15 is 0 Å². The zero-order chi connectivity index (χ0) is 19.4. The van der Waals surface area contributed by atoms with Crippen LogP contribution in [0.5, 0.6) is 11.5 Å². The van der Waals surface area contributed by atoms with Crippen molar-refractivity contribution in [2.75, 3.05) is 24.4 Å². The lowest BCUT2D eigenvalue weighted by molar-refractivity contribution is -0.120. The number of halogens is 1. The maximum atomic E-state index is 12.9. The minimum absolute atomic E-state index is 0.150. The van der Waals surface area contributed by atoms with Gasteiger partial charge in [0, 0.05) is 15.6 Å². The summed E-state index contributed by atoms with van der Waals surface area (Å²) >= 11 is 3.34. The molecule has 0 aromatic heterocycles. The molecular formula is C19H18BrNO5S. The number of ether oxygens (including phenoxy) is 2. The molecule has 0 saturated carbocycles. The Labute approximate surface area is 166 Å². The van der Waals surface area contributed by atoms with E-state index in [2.05, 4.69) is 15.9 Å². The summed E-state index contributed by atoms with van der Waals surface area (Å²) in [5.74, 6) is 0.709. The van der Waals surface area contributed by atoms with Crippen LogP contribution in [0.25, 0.3) is 0 Å². The van der Waals surface area contributed by atoms with Crippen molar-refractivity contribution in [2.24, 2.45) is 0 Å². The minimum atomic E-state index is -3.31. The quantitative estimate of drug-likeness (QED) is 0.674. The molecule has 2 aromatic carbocycles. The highest BCUT2D eigenvalue weighted by Crippen LogP contribution is 2.25. The van der Waals surface area contributed by atoms with Crippen LogP contribution < -0.4 is 14.4 Å². The number of rotatable bonds is 6. The van der Waals surface area contributed by atoms with Gasteiger partial charge < -0.3 is 14.4 Å². The van der Waals surface area contributed by atoms with Crippen molar-refractivity contribution in [3.63, 3.8) is 0 Å². The Morgan fingerprint density at radius 1 is 1.11 bits per heavy atom. The molecule has 6 nitrogen and oxygen atoms in total. The standard InChI is InChI=1S/C19H18BrNO5S/c1-25-17-8-4-15(5-9-17)21(16-10-11-27(23,24)13-16)19(22)12-26-18-6-2-14(20)3-7-18/h2-11,16H,12-13H2,1H3/t16-/m0/s1. The first kappa shape index (κ1) is 19.4. The predicted octanol–water partition coefficient (Wildman–Crippen LogP) is 3.18. The summed E-state index contributed by atoms with van der Waals surface area (Å²) in [4.78, 5) is 14.3.